The fourth-order valence-electron chi connectivity index (χ4n) is 1.66. The van der Waals surface area contributed by atoms with Crippen molar-refractivity contribution in [2.45, 2.75) is 19.4 Å². The Morgan fingerprint density at radius 2 is 2.28 bits per heavy atom. The van der Waals surface area contributed by atoms with E-state index in [0.29, 0.717) is 5.56 Å². The maximum absolute atomic E-state index is 12.0. The summed E-state index contributed by atoms with van der Waals surface area (Å²) in [4.78, 5) is 26.5. The number of aromatic nitrogens is 1. The minimum absolute atomic E-state index is 0.0180. The quantitative estimate of drug-likeness (QED) is 0.888. The second-order valence-corrected chi connectivity index (χ2v) is 4.87. The number of carbonyl (C=O) groups is 1. The first-order chi connectivity index (χ1) is 8.70. The van der Waals surface area contributed by atoms with Gasteiger partial charge in [-0.05, 0) is 23.9 Å². The summed E-state index contributed by atoms with van der Waals surface area (Å²) < 4.78 is 0. The summed E-state index contributed by atoms with van der Waals surface area (Å²) in [7, 11) is 0. The van der Waals surface area contributed by atoms with Gasteiger partial charge >= 0.3 is 0 Å². The Hall–Kier alpha value is -1.88. The van der Waals surface area contributed by atoms with Gasteiger partial charge in [0.05, 0.1) is 11.6 Å². The van der Waals surface area contributed by atoms with E-state index in [2.05, 4.69) is 10.3 Å². The minimum Gasteiger partial charge on any atom is -0.344 e. The van der Waals surface area contributed by atoms with Crippen LogP contribution in [0.4, 0.5) is 0 Å². The van der Waals surface area contributed by atoms with Gasteiger partial charge in [-0.15, -0.1) is 11.3 Å². The molecule has 2 aromatic heterocycles. The third-order valence-electron chi connectivity index (χ3n) is 2.65. The molecule has 2 heterocycles. The van der Waals surface area contributed by atoms with E-state index in [1.165, 1.54) is 18.3 Å². The van der Waals surface area contributed by atoms with Crippen LogP contribution in [0, 0.1) is 0 Å². The molecule has 4 nitrogen and oxygen atoms in total. The molecule has 0 saturated heterocycles. The van der Waals surface area contributed by atoms with Crippen LogP contribution < -0.4 is 10.9 Å². The molecule has 2 aromatic rings. The monoisotopic (exact) mass is 262 g/mol. The molecule has 0 spiro atoms. The van der Waals surface area contributed by atoms with Gasteiger partial charge in [-0.25, -0.2) is 0 Å². The Morgan fingerprint density at radius 1 is 1.44 bits per heavy atom. The highest BCUT2D eigenvalue weighted by Gasteiger charge is 2.14. The average Bonchev–Trinajstić information content (AvgIpc) is 2.90. The van der Waals surface area contributed by atoms with Crippen LogP contribution in [0.1, 0.15) is 34.6 Å². The zero-order chi connectivity index (χ0) is 13.0. The predicted octanol–water partition coefficient (Wildman–Crippen LogP) is 2.32. The molecule has 2 rings (SSSR count). The Kier molecular flexibility index (Phi) is 3.94. The third kappa shape index (κ3) is 2.87. The van der Waals surface area contributed by atoms with E-state index in [4.69, 9.17) is 0 Å². The first kappa shape index (κ1) is 12.6. The smallest absolute Gasteiger partial charge is 0.253 e. The number of nitrogens with one attached hydrogen (secondary N) is 2. The first-order valence-electron chi connectivity index (χ1n) is 5.73. The molecule has 1 amide bonds. The molecule has 94 valence electrons. The zero-order valence-electron chi connectivity index (χ0n) is 9.97. The van der Waals surface area contributed by atoms with Crippen molar-refractivity contribution >= 4 is 17.2 Å². The third-order valence-corrected chi connectivity index (χ3v) is 3.63. The molecular formula is C13H14N2O2S. The molecule has 0 aromatic carbocycles. The Bertz CT molecular complexity index is 554. The summed E-state index contributed by atoms with van der Waals surface area (Å²) in [5.41, 5.74) is 0.251. The van der Waals surface area contributed by atoms with Gasteiger partial charge in [0.1, 0.15) is 0 Å². The molecule has 5 heteroatoms. The number of hydrogen-bond acceptors (Lipinski definition) is 3. The van der Waals surface area contributed by atoms with E-state index >= 15 is 0 Å². The van der Waals surface area contributed by atoms with Crippen LogP contribution in [0.2, 0.25) is 0 Å². The number of thiophene rings is 1. The number of amides is 1. The maximum atomic E-state index is 12.0. The van der Waals surface area contributed by atoms with Crippen molar-refractivity contribution < 1.29 is 4.79 Å². The molecule has 0 fully saturated rings. The molecule has 1 unspecified atom stereocenters. The molecule has 1 atom stereocenters. The molecule has 2 N–H and O–H groups in total. The first-order valence-corrected chi connectivity index (χ1v) is 6.61. The van der Waals surface area contributed by atoms with Gasteiger partial charge in [-0.3, -0.25) is 9.59 Å². The van der Waals surface area contributed by atoms with Gasteiger partial charge in [0.2, 0.25) is 5.56 Å². The second kappa shape index (κ2) is 5.64. The number of H-pyrrole nitrogens is 1. The number of pyridine rings is 1. The maximum Gasteiger partial charge on any atom is 0.253 e. The number of aromatic amines is 1. The van der Waals surface area contributed by atoms with E-state index in [-0.39, 0.29) is 17.5 Å². The van der Waals surface area contributed by atoms with Crippen LogP contribution in [0.15, 0.2) is 40.6 Å². The van der Waals surface area contributed by atoms with Crippen molar-refractivity contribution in [3.8, 4) is 0 Å². The minimum atomic E-state index is -0.211. The lowest BCUT2D eigenvalue weighted by Crippen LogP contribution is -2.28. The van der Waals surface area contributed by atoms with Crippen LogP contribution in [0.5, 0.6) is 0 Å². The van der Waals surface area contributed by atoms with Crippen LogP contribution in [0.25, 0.3) is 0 Å². The Labute approximate surface area is 109 Å². The van der Waals surface area contributed by atoms with Crippen molar-refractivity contribution in [1.29, 1.82) is 0 Å². The highest BCUT2D eigenvalue weighted by molar-refractivity contribution is 7.10. The SMILES string of the molecule is CCC(NC(=O)c1ccc(=O)[nH]c1)c1cccs1. The fraction of sp³-hybridized carbons (Fsp3) is 0.231. The van der Waals surface area contributed by atoms with Gasteiger partial charge in [0.25, 0.3) is 5.91 Å². The van der Waals surface area contributed by atoms with Crippen molar-refractivity contribution in [3.05, 3.63) is 56.6 Å². The predicted molar refractivity (Wildman–Crippen MR) is 71.9 cm³/mol. The molecular weight excluding hydrogens is 248 g/mol. The van der Waals surface area contributed by atoms with Gasteiger partial charge in [0, 0.05) is 17.1 Å². The van der Waals surface area contributed by atoms with Crippen molar-refractivity contribution in [2.24, 2.45) is 0 Å². The summed E-state index contributed by atoms with van der Waals surface area (Å²) in [6.07, 6.45) is 2.26. The topological polar surface area (TPSA) is 62.0 Å². The van der Waals surface area contributed by atoms with Crippen molar-refractivity contribution in [2.75, 3.05) is 0 Å². The van der Waals surface area contributed by atoms with Gasteiger partial charge in [-0.2, -0.15) is 0 Å². The van der Waals surface area contributed by atoms with E-state index in [1.54, 1.807) is 11.3 Å². The summed E-state index contributed by atoms with van der Waals surface area (Å²) in [5, 5.41) is 4.94. The van der Waals surface area contributed by atoms with E-state index in [9.17, 15) is 9.59 Å². The fourth-order valence-corrected chi connectivity index (χ4v) is 2.52. The zero-order valence-corrected chi connectivity index (χ0v) is 10.8. The highest BCUT2D eigenvalue weighted by Crippen LogP contribution is 2.21. The van der Waals surface area contributed by atoms with Crippen molar-refractivity contribution in [3.63, 3.8) is 0 Å². The molecule has 0 bridgehead atoms. The second-order valence-electron chi connectivity index (χ2n) is 3.89. The largest absolute Gasteiger partial charge is 0.344 e. The Balaban J connectivity index is 2.10. The van der Waals surface area contributed by atoms with Gasteiger partial charge in [-0.1, -0.05) is 13.0 Å². The summed E-state index contributed by atoms with van der Waals surface area (Å²) in [5.74, 6) is -0.175. The highest BCUT2D eigenvalue weighted by atomic mass is 32.1. The summed E-state index contributed by atoms with van der Waals surface area (Å²) in [6, 6.07) is 6.86. The molecule has 0 aliphatic heterocycles. The van der Waals surface area contributed by atoms with Crippen LogP contribution in [-0.4, -0.2) is 10.9 Å². The van der Waals surface area contributed by atoms with E-state index < -0.39 is 0 Å². The van der Waals surface area contributed by atoms with Gasteiger partial charge < -0.3 is 10.3 Å². The van der Waals surface area contributed by atoms with E-state index in [1.807, 2.05) is 24.4 Å². The molecule has 18 heavy (non-hydrogen) atoms. The van der Waals surface area contributed by atoms with E-state index in [0.717, 1.165) is 11.3 Å². The lowest BCUT2D eigenvalue weighted by Gasteiger charge is -2.15. The number of hydrogen-bond donors (Lipinski definition) is 2. The standard InChI is InChI=1S/C13H14N2O2S/c1-2-10(11-4-3-7-18-11)15-13(17)9-5-6-12(16)14-8-9/h3-8,10H,2H2,1H3,(H,14,16)(H,15,17). The van der Waals surface area contributed by atoms with Crippen LogP contribution in [0.3, 0.4) is 0 Å². The molecule has 0 aliphatic carbocycles. The average molecular weight is 262 g/mol. The molecule has 0 radical (unpaired) electrons. The Morgan fingerprint density at radius 3 is 2.83 bits per heavy atom. The lowest BCUT2D eigenvalue weighted by molar-refractivity contribution is 0.0936. The normalized spacial score (nSPS) is 12.1. The lowest BCUT2D eigenvalue weighted by atomic mass is 10.1. The number of carbonyl (C=O) groups excluding carboxylic acids is 1. The van der Waals surface area contributed by atoms with Gasteiger partial charge in [0.15, 0.2) is 0 Å². The number of rotatable bonds is 4. The molecule has 0 saturated carbocycles. The summed E-state index contributed by atoms with van der Waals surface area (Å²) >= 11 is 1.62. The molecule has 0 aliphatic rings. The van der Waals surface area contributed by atoms with Crippen molar-refractivity contribution in [1.82, 2.24) is 10.3 Å². The summed E-state index contributed by atoms with van der Waals surface area (Å²) in [6.45, 7) is 2.03. The van der Waals surface area contributed by atoms with Crippen LogP contribution in [-0.2, 0) is 0 Å². The van der Waals surface area contributed by atoms with Crippen LogP contribution >= 0.6 is 11.3 Å².